The molecule has 0 bridgehead atoms. The van der Waals surface area contributed by atoms with Crippen molar-refractivity contribution in [3.05, 3.63) is 52.5 Å². The molecular weight excluding hydrogens is 398 g/mol. The van der Waals surface area contributed by atoms with E-state index >= 15 is 0 Å². The first-order valence-corrected chi connectivity index (χ1v) is 10.2. The van der Waals surface area contributed by atoms with Gasteiger partial charge in [0.15, 0.2) is 0 Å². The smallest absolute Gasteiger partial charge is 0.288 e. The summed E-state index contributed by atoms with van der Waals surface area (Å²) in [6.07, 6.45) is 0.662. The van der Waals surface area contributed by atoms with Gasteiger partial charge < -0.3 is 5.32 Å². The number of nitrogens with zero attached hydrogens (tertiary/aromatic N) is 2. The molecule has 1 aromatic carbocycles. The number of amides is 1. The largest absolute Gasteiger partial charge is 0.324 e. The van der Waals surface area contributed by atoms with Gasteiger partial charge >= 0.3 is 0 Å². The molecule has 0 atom stereocenters. The third-order valence-corrected chi connectivity index (χ3v) is 5.65. The minimum absolute atomic E-state index is 0.0873. The van der Waals surface area contributed by atoms with Crippen molar-refractivity contribution in [3.8, 4) is 0 Å². The number of nitrogens with one attached hydrogen (secondary N) is 2. The van der Waals surface area contributed by atoms with Crippen LogP contribution in [0, 0.1) is 0 Å². The molecule has 0 saturated carbocycles. The minimum atomic E-state index is -2.54. The van der Waals surface area contributed by atoms with Crippen molar-refractivity contribution in [3.63, 3.8) is 0 Å². The molecule has 0 saturated heterocycles. The van der Waals surface area contributed by atoms with Gasteiger partial charge in [0.25, 0.3) is 5.76 Å². The van der Waals surface area contributed by atoms with Crippen LogP contribution >= 0.6 is 34.9 Å². The average molecular weight is 413 g/mol. The van der Waals surface area contributed by atoms with E-state index in [1.54, 1.807) is 35.6 Å². The molecule has 0 aliphatic rings. The normalized spacial score (nSPS) is 11.0. The number of aromatic amines is 1. The average Bonchev–Trinajstić information content (AvgIpc) is 3.27. The van der Waals surface area contributed by atoms with Crippen molar-refractivity contribution in [1.29, 1.82) is 0 Å². The standard InChI is InChI=1S/C16H14F2N4OS3/c17-15(18)26-12-6-2-1-5-11(12)19-14(23)9-25-16-20-13(21-22-16)8-10-4-3-7-24-10/h1-7,15H,8-9H2,(H,19,23)(H,20,21,22). The molecule has 0 fully saturated rings. The van der Waals surface area contributed by atoms with E-state index in [9.17, 15) is 13.6 Å². The van der Waals surface area contributed by atoms with Crippen LogP contribution < -0.4 is 5.32 Å². The lowest BCUT2D eigenvalue weighted by Gasteiger charge is -2.09. The fraction of sp³-hybridized carbons (Fsp3) is 0.188. The monoisotopic (exact) mass is 412 g/mol. The van der Waals surface area contributed by atoms with Gasteiger partial charge in [-0.15, -0.1) is 16.4 Å². The van der Waals surface area contributed by atoms with E-state index in [4.69, 9.17) is 0 Å². The Labute approximate surface area is 161 Å². The number of carbonyl (C=O) groups excluding carboxylic acids is 1. The van der Waals surface area contributed by atoms with Crippen LogP contribution in [0.1, 0.15) is 10.7 Å². The first-order valence-electron chi connectivity index (χ1n) is 7.50. The van der Waals surface area contributed by atoms with Gasteiger partial charge in [-0.3, -0.25) is 9.89 Å². The summed E-state index contributed by atoms with van der Waals surface area (Å²) in [5, 5.41) is 12.1. The molecule has 10 heteroatoms. The van der Waals surface area contributed by atoms with Crippen LogP contribution in [0.2, 0.25) is 0 Å². The molecule has 1 amide bonds. The zero-order valence-electron chi connectivity index (χ0n) is 13.3. The fourth-order valence-corrected chi connectivity index (χ4v) is 4.01. The van der Waals surface area contributed by atoms with Gasteiger partial charge in [-0.25, -0.2) is 4.98 Å². The minimum Gasteiger partial charge on any atom is -0.324 e. The second-order valence-electron chi connectivity index (χ2n) is 5.03. The fourth-order valence-electron chi connectivity index (χ4n) is 2.08. The number of hydrogen-bond acceptors (Lipinski definition) is 6. The van der Waals surface area contributed by atoms with Gasteiger partial charge in [0.05, 0.1) is 11.4 Å². The number of benzene rings is 1. The number of anilines is 1. The Morgan fingerprint density at radius 1 is 1.27 bits per heavy atom. The molecule has 5 nitrogen and oxygen atoms in total. The maximum Gasteiger partial charge on any atom is 0.288 e. The Balaban J connectivity index is 1.52. The third kappa shape index (κ3) is 5.55. The molecule has 2 aromatic heterocycles. The van der Waals surface area contributed by atoms with Crippen LogP contribution in [0.15, 0.2) is 51.8 Å². The summed E-state index contributed by atoms with van der Waals surface area (Å²) in [4.78, 5) is 17.9. The number of halogens is 2. The van der Waals surface area contributed by atoms with E-state index in [0.29, 0.717) is 33.9 Å². The number of hydrogen-bond donors (Lipinski definition) is 2. The van der Waals surface area contributed by atoms with Crippen molar-refractivity contribution in [2.45, 2.75) is 22.2 Å². The van der Waals surface area contributed by atoms with E-state index in [1.165, 1.54) is 16.6 Å². The molecule has 0 unspecified atom stereocenters. The summed E-state index contributed by atoms with van der Waals surface area (Å²) in [7, 11) is 0. The van der Waals surface area contributed by atoms with Gasteiger partial charge in [-0.2, -0.15) is 8.78 Å². The summed E-state index contributed by atoms with van der Waals surface area (Å²) >= 11 is 3.22. The Morgan fingerprint density at radius 3 is 2.88 bits per heavy atom. The van der Waals surface area contributed by atoms with Crippen LogP contribution in [-0.4, -0.2) is 32.6 Å². The molecule has 136 valence electrons. The topological polar surface area (TPSA) is 70.7 Å². The lowest BCUT2D eigenvalue weighted by Crippen LogP contribution is -2.14. The highest BCUT2D eigenvalue weighted by Gasteiger charge is 2.13. The maximum atomic E-state index is 12.6. The predicted octanol–water partition coefficient (Wildman–Crippen LogP) is 4.50. The van der Waals surface area contributed by atoms with Crippen molar-refractivity contribution >= 4 is 46.5 Å². The number of alkyl halides is 2. The number of thioether (sulfide) groups is 2. The van der Waals surface area contributed by atoms with Gasteiger partial charge in [-0.05, 0) is 23.6 Å². The van der Waals surface area contributed by atoms with Crippen molar-refractivity contribution in [2.24, 2.45) is 0 Å². The molecule has 0 spiro atoms. The first-order chi connectivity index (χ1) is 12.6. The van der Waals surface area contributed by atoms with E-state index in [2.05, 4.69) is 20.5 Å². The molecule has 3 rings (SSSR count). The number of rotatable bonds is 8. The van der Waals surface area contributed by atoms with Crippen LogP contribution in [0.25, 0.3) is 0 Å². The van der Waals surface area contributed by atoms with Crippen LogP contribution in [0.5, 0.6) is 0 Å². The molecule has 2 N–H and O–H groups in total. The summed E-state index contributed by atoms with van der Waals surface area (Å²) in [5.74, 6) is -2.03. The Bertz CT molecular complexity index is 855. The highest BCUT2D eigenvalue weighted by Crippen LogP contribution is 2.31. The number of H-pyrrole nitrogens is 1. The first kappa shape index (κ1) is 18.9. The summed E-state index contributed by atoms with van der Waals surface area (Å²) in [6, 6.07) is 10.5. The number of carbonyl (C=O) groups is 1. The maximum absolute atomic E-state index is 12.6. The molecule has 3 aromatic rings. The highest BCUT2D eigenvalue weighted by molar-refractivity contribution is 8.00. The molecular formula is C16H14F2N4OS3. The number of aromatic nitrogens is 3. The Morgan fingerprint density at radius 2 is 2.12 bits per heavy atom. The van der Waals surface area contributed by atoms with Crippen LogP contribution in [-0.2, 0) is 11.2 Å². The van der Waals surface area contributed by atoms with Crippen LogP contribution in [0.4, 0.5) is 14.5 Å². The van der Waals surface area contributed by atoms with E-state index in [1.807, 2.05) is 17.5 Å². The summed E-state index contributed by atoms with van der Waals surface area (Å²) < 4.78 is 25.1. The number of para-hydroxylation sites is 1. The SMILES string of the molecule is O=C(CSc1n[nH]c(Cc2cccs2)n1)Nc1ccccc1SC(F)F. The lowest BCUT2D eigenvalue weighted by molar-refractivity contribution is -0.113. The summed E-state index contributed by atoms with van der Waals surface area (Å²) in [6.45, 7) is 0. The number of thiophene rings is 1. The van der Waals surface area contributed by atoms with Crippen molar-refractivity contribution in [2.75, 3.05) is 11.1 Å². The zero-order valence-corrected chi connectivity index (χ0v) is 15.8. The predicted molar refractivity (Wildman–Crippen MR) is 101 cm³/mol. The van der Waals surface area contributed by atoms with E-state index < -0.39 is 5.76 Å². The Kier molecular flexibility index (Phi) is 6.64. The molecule has 2 heterocycles. The molecule has 26 heavy (non-hydrogen) atoms. The van der Waals surface area contributed by atoms with Crippen molar-refractivity contribution in [1.82, 2.24) is 15.2 Å². The van der Waals surface area contributed by atoms with E-state index in [-0.39, 0.29) is 11.7 Å². The van der Waals surface area contributed by atoms with Gasteiger partial charge in [-0.1, -0.05) is 41.7 Å². The van der Waals surface area contributed by atoms with Gasteiger partial charge in [0.2, 0.25) is 11.1 Å². The van der Waals surface area contributed by atoms with Crippen molar-refractivity contribution < 1.29 is 13.6 Å². The molecule has 0 aliphatic heterocycles. The van der Waals surface area contributed by atoms with Crippen LogP contribution in [0.3, 0.4) is 0 Å². The second-order valence-corrected chi connectivity index (χ2v) is 8.04. The molecule has 0 radical (unpaired) electrons. The van der Waals surface area contributed by atoms with E-state index in [0.717, 1.165) is 5.82 Å². The highest BCUT2D eigenvalue weighted by atomic mass is 32.2. The second kappa shape index (κ2) is 9.15. The lowest BCUT2D eigenvalue weighted by atomic mass is 10.3. The Hall–Kier alpha value is -1.91. The van der Waals surface area contributed by atoms with Gasteiger partial charge in [0.1, 0.15) is 5.82 Å². The molecule has 0 aliphatic carbocycles. The van der Waals surface area contributed by atoms with Gasteiger partial charge in [0, 0.05) is 16.2 Å². The zero-order chi connectivity index (χ0) is 18.4. The quantitative estimate of drug-likeness (QED) is 0.533. The third-order valence-electron chi connectivity index (χ3n) is 3.14. The summed E-state index contributed by atoms with van der Waals surface area (Å²) in [5.41, 5.74) is 0.372.